The van der Waals surface area contributed by atoms with E-state index >= 15 is 0 Å². The Balaban J connectivity index is 1.80. The summed E-state index contributed by atoms with van der Waals surface area (Å²) < 4.78 is 0. The lowest BCUT2D eigenvalue weighted by Crippen LogP contribution is -2.30. The molecule has 1 atom stereocenters. The van der Waals surface area contributed by atoms with Gasteiger partial charge in [-0.2, -0.15) is 4.98 Å². The molecule has 7 nitrogen and oxygen atoms in total. The second kappa shape index (κ2) is 9.75. The van der Waals surface area contributed by atoms with Crippen molar-refractivity contribution >= 4 is 11.8 Å². The second-order valence-corrected chi connectivity index (χ2v) is 6.91. The van der Waals surface area contributed by atoms with Gasteiger partial charge in [-0.05, 0) is 42.2 Å². The molecular weight excluding hydrogens is 352 g/mol. The minimum atomic E-state index is -0.117. The Bertz CT molecular complexity index is 857. The predicted molar refractivity (Wildman–Crippen MR) is 111 cm³/mol. The van der Waals surface area contributed by atoms with Crippen LogP contribution in [0.2, 0.25) is 0 Å². The van der Waals surface area contributed by atoms with Crippen LogP contribution in [0.4, 0.5) is 11.8 Å². The highest BCUT2D eigenvalue weighted by atomic mass is 16.3. The fraction of sp³-hybridized carbons (Fsp3) is 0.333. The Hall–Kier alpha value is -3.06. The number of aromatic nitrogens is 4. The van der Waals surface area contributed by atoms with E-state index in [2.05, 4.69) is 30.6 Å². The second-order valence-electron chi connectivity index (χ2n) is 6.91. The molecule has 0 amide bonds. The minimum Gasteiger partial charge on any atom is -0.394 e. The topological polar surface area (TPSA) is 95.8 Å². The molecule has 0 unspecified atom stereocenters. The molecular formula is C21H26N6O. The van der Waals surface area contributed by atoms with E-state index in [4.69, 9.17) is 0 Å². The highest BCUT2D eigenvalue weighted by Gasteiger charge is 2.15. The van der Waals surface area contributed by atoms with Gasteiger partial charge >= 0.3 is 0 Å². The van der Waals surface area contributed by atoms with Crippen LogP contribution in [-0.2, 0) is 6.42 Å². The van der Waals surface area contributed by atoms with Crippen LogP contribution >= 0.6 is 0 Å². The third-order valence-electron chi connectivity index (χ3n) is 4.47. The first-order valence-electron chi connectivity index (χ1n) is 9.45. The average Bonchev–Trinajstić information content (AvgIpc) is 2.73. The maximum atomic E-state index is 9.63. The molecule has 0 radical (unpaired) electrons. The van der Waals surface area contributed by atoms with E-state index in [1.807, 2.05) is 44.2 Å². The number of rotatable bonds is 9. The van der Waals surface area contributed by atoms with E-state index in [0.29, 0.717) is 5.95 Å². The van der Waals surface area contributed by atoms with Gasteiger partial charge in [-0.15, -0.1) is 0 Å². The maximum absolute atomic E-state index is 9.63. The Morgan fingerprint density at radius 3 is 2.54 bits per heavy atom. The standard InChI is InChI=1S/C21H26N6O/c1-15(2)19(14-28)26-21-25-18(17-4-3-8-23-13-17)12-20(27-21)24-11-7-16-5-9-22-10-6-16/h3-6,8-10,12-13,15,19,28H,7,11,14H2,1-2H3,(H2,24,25,26,27)/t19-/m0/s1. The summed E-state index contributed by atoms with van der Waals surface area (Å²) in [5, 5.41) is 16.2. The molecule has 3 heterocycles. The molecule has 0 bridgehead atoms. The molecule has 0 saturated heterocycles. The van der Waals surface area contributed by atoms with Crippen molar-refractivity contribution in [1.82, 2.24) is 19.9 Å². The molecule has 7 heteroatoms. The summed E-state index contributed by atoms with van der Waals surface area (Å²) in [6.45, 7) is 4.85. The van der Waals surface area contributed by atoms with Crippen LogP contribution in [0.5, 0.6) is 0 Å². The number of aliphatic hydroxyl groups is 1. The van der Waals surface area contributed by atoms with Crippen molar-refractivity contribution in [3.8, 4) is 11.3 Å². The van der Waals surface area contributed by atoms with Gasteiger partial charge in [0.05, 0.1) is 18.3 Å². The van der Waals surface area contributed by atoms with Gasteiger partial charge in [0, 0.05) is 43.0 Å². The molecule has 3 rings (SSSR count). The lowest BCUT2D eigenvalue weighted by Gasteiger charge is -2.20. The molecule has 0 aliphatic heterocycles. The van der Waals surface area contributed by atoms with Crippen molar-refractivity contribution in [2.45, 2.75) is 26.3 Å². The lowest BCUT2D eigenvalue weighted by atomic mass is 10.1. The maximum Gasteiger partial charge on any atom is 0.225 e. The summed E-state index contributed by atoms with van der Waals surface area (Å²) in [7, 11) is 0. The van der Waals surface area contributed by atoms with E-state index in [1.54, 1.807) is 24.8 Å². The number of pyridine rings is 2. The van der Waals surface area contributed by atoms with Crippen molar-refractivity contribution in [1.29, 1.82) is 0 Å². The minimum absolute atomic E-state index is 0.0168. The Morgan fingerprint density at radius 1 is 1.04 bits per heavy atom. The lowest BCUT2D eigenvalue weighted by molar-refractivity contribution is 0.248. The van der Waals surface area contributed by atoms with Gasteiger partial charge in [0.1, 0.15) is 5.82 Å². The highest BCUT2D eigenvalue weighted by molar-refractivity contribution is 5.63. The van der Waals surface area contributed by atoms with Crippen LogP contribution in [0, 0.1) is 5.92 Å². The first-order valence-corrected chi connectivity index (χ1v) is 9.45. The summed E-state index contributed by atoms with van der Waals surface area (Å²) in [5.74, 6) is 1.46. The van der Waals surface area contributed by atoms with Gasteiger partial charge in [-0.25, -0.2) is 4.98 Å². The van der Waals surface area contributed by atoms with E-state index in [0.717, 1.165) is 30.0 Å². The third kappa shape index (κ3) is 5.47. The van der Waals surface area contributed by atoms with Crippen molar-refractivity contribution in [2.75, 3.05) is 23.8 Å². The zero-order valence-electron chi connectivity index (χ0n) is 16.2. The molecule has 28 heavy (non-hydrogen) atoms. The first kappa shape index (κ1) is 19.7. The van der Waals surface area contributed by atoms with Gasteiger partial charge in [0.2, 0.25) is 5.95 Å². The van der Waals surface area contributed by atoms with Crippen LogP contribution in [0.3, 0.4) is 0 Å². The smallest absolute Gasteiger partial charge is 0.225 e. The fourth-order valence-electron chi connectivity index (χ4n) is 2.74. The number of nitrogens with zero attached hydrogens (tertiary/aromatic N) is 4. The van der Waals surface area contributed by atoms with Crippen molar-refractivity contribution < 1.29 is 5.11 Å². The molecule has 3 N–H and O–H groups in total. The van der Waals surface area contributed by atoms with Gasteiger partial charge in [-0.3, -0.25) is 9.97 Å². The van der Waals surface area contributed by atoms with Crippen molar-refractivity contribution in [2.24, 2.45) is 5.92 Å². The molecule has 0 saturated carbocycles. The predicted octanol–water partition coefficient (Wildman–Crippen LogP) is 3.02. The number of anilines is 2. The zero-order valence-corrected chi connectivity index (χ0v) is 16.2. The molecule has 0 aliphatic carbocycles. The first-order chi connectivity index (χ1) is 13.7. The number of hydrogen-bond acceptors (Lipinski definition) is 7. The largest absolute Gasteiger partial charge is 0.394 e. The Labute approximate surface area is 165 Å². The van der Waals surface area contributed by atoms with Gasteiger partial charge in [0.25, 0.3) is 0 Å². The molecule has 3 aromatic heterocycles. The van der Waals surface area contributed by atoms with E-state index in [1.165, 1.54) is 5.56 Å². The summed E-state index contributed by atoms with van der Waals surface area (Å²) in [4.78, 5) is 17.4. The van der Waals surface area contributed by atoms with Crippen LogP contribution in [0.25, 0.3) is 11.3 Å². The van der Waals surface area contributed by atoms with Crippen LogP contribution in [-0.4, -0.2) is 44.2 Å². The number of hydrogen-bond donors (Lipinski definition) is 3. The van der Waals surface area contributed by atoms with E-state index in [-0.39, 0.29) is 18.6 Å². The monoisotopic (exact) mass is 378 g/mol. The summed E-state index contributed by atoms with van der Waals surface area (Å²) in [6.07, 6.45) is 7.97. The van der Waals surface area contributed by atoms with Crippen molar-refractivity contribution in [3.05, 3.63) is 60.7 Å². The van der Waals surface area contributed by atoms with E-state index < -0.39 is 0 Å². The molecule has 3 aromatic rings. The van der Waals surface area contributed by atoms with E-state index in [9.17, 15) is 5.11 Å². The third-order valence-corrected chi connectivity index (χ3v) is 4.47. The zero-order chi connectivity index (χ0) is 19.8. The fourth-order valence-corrected chi connectivity index (χ4v) is 2.74. The van der Waals surface area contributed by atoms with Gasteiger partial charge < -0.3 is 15.7 Å². The Kier molecular flexibility index (Phi) is 6.86. The molecule has 146 valence electrons. The van der Waals surface area contributed by atoms with Crippen LogP contribution < -0.4 is 10.6 Å². The highest BCUT2D eigenvalue weighted by Crippen LogP contribution is 2.21. The van der Waals surface area contributed by atoms with Crippen LogP contribution in [0.15, 0.2) is 55.1 Å². The number of nitrogens with one attached hydrogen (secondary N) is 2. The quantitative estimate of drug-likeness (QED) is 0.527. The molecule has 0 aromatic carbocycles. The summed E-state index contributed by atoms with van der Waals surface area (Å²) in [6, 6.07) is 9.65. The van der Waals surface area contributed by atoms with Gasteiger partial charge in [-0.1, -0.05) is 13.8 Å². The molecule has 0 aliphatic rings. The molecule has 0 spiro atoms. The van der Waals surface area contributed by atoms with Crippen LogP contribution in [0.1, 0.15) is 19.4 Å². The summed E-state index contributed by atoms with van der Waals surface area (Å²) >= 11 is 0. The normalized spacial score (nSPS) is 12.0. The van der Waals surface area contributed by atoms with Crippen molar-refractivity contribution in [3.63, 3.8) is 0 Å². The van der Waals surface area contributed by atoms with Gasteiger partial charge in [0.15, 0.2) is 0 Å². The Morgan fingerprint density at radius 2 is 1.86 bits per heavy atom. The average molecular weight is 378 g/mol. The summed E-state index contributed by atoms with van der Waals surface area (Å²) in [5.41, 5.74) is 2.90. The number of aliphatic hydroxyl groups excluding tert-OH is 1. The SMILES string of the molecule is CC(C)[C@H](CO)Nc1nc(NCCc2ccncc2)cc(-c2cccnc2)n1. The molecule has 0 fully saturated rings.